The number of fused-ring (bicyclic) bond motifs is 1. The minimum absolute atomic E-state index is 0.181. The molecule has 0 saturated heterocycles. The third-order valence-corrected chi connectivity index (χ3v) is 4.95. The molecular weight excluding hydrogens is 346 g/mol. The van der Waals surface area contributed by atoms with E-state index in [0.717, 1.165) is 39.3 Å². The number of hydrogen-bond donors (Lipinski definition) is 1. The molecule has 0 aliphatic heterocycles. The van der Waals surface area contributed by atoms with Crippen molar-refractivity contribution in [1.29, 1.82) is 0 Å². The summed E-state index contributed by atoms with van der Waals surface area (Å²) in [6.45, 7) is 0. The molecular formula is C13H13Br2NO. The van der Waals surface area contributed by atoms with Crippen LogP contribution in [0.4, 0.5) is 5.69 Å². The van der Waals surface area contributed by atoms with Crippen molar-refractivity contribution in [2.24, 2.45) is 17.8 Å². The van der Waals surface area contributed by atoms with Gasteiger partial charge in [0.2, 0.25) is 5.91 Å². The average Bonchev–Trinajstić information content (AvgIpc) is 2.89. The summed E-state index contributed by atoms with van der Waals surface area (Å²) in [6.07, 6.45) is 3.53. The van der Waals surface area contributed by atoms with Crippen molar-refractivity contribution < 1.29 is 4.79 Å². The molecule has 2 aliphatic rings. The number of nitrogens with one attached hydrogen (secondary N) is 1. The van der Waals surface area contributed by atoms with Crippen molar-refractivity contribution in [3.05, 3.63) is 27.1 Å². The molecule has 0 spiro atoms. The molecule has 17 heavy (non-hydrogen) atoms. The number of benzene rings is 1. The lowest BCUT2D eigenvalue weighted by molar-refractivity contribution is -0.120. The fourth-order valence-corrected chi connectivity index (χ4v) is 3.90. The molecule has 1 aromatic rings. The van der Waals surface area contributed by atoms with E-state index >= 15 is 0 Å². The zero-order valence-electron chi connectivity index (χ0n) is 9.25. The molecule has 1 amide bonds. The molecule has 0 aromatic heterocycles. The highest BCUT2D eigenvalue weighted by Crippen LogP contribution is 2.54. The number of carbonyl (C=O) groups is 1. The van der Waals surface area contributed by atoms with E-state index in [0.29, 0.717) is 0 Å². The van der Waals surface area contributed by atoms with Gasteiger partial charge in [-0.25, -0.2) is 0 Å². The van der Waals surface area contributed by atoms with Gasteiger partial charge in [-0.05, 0) is 65.2 Å². The van der Waals surface area contributed by atoms with E-state index in [1.807, 2.05) is 18.2 Å². The van der Waals surface area contributed by atoms with Crippen LogP contribution in [0.15, 0.2) is 27.1 Å². The smallest absolute Gasteiger partial charge is 0.227 e. The summed E-state index contributed by atoms with van der Waals surface area (Å²) in [6, 6.07) is 5.80. The number of carbonyl (C=O) groups excluding carboxylic acids is 1. The zero-order valence-corrected chi connectivity index (χ0v) is 12.4. The lowest BCUT2D eigenvalue weighted by Gasteiger charge is -2.13. The van der Waals surface area contributed by atoms with E-state index in [2.05, 4.69) is 37.2 Å². The molecule has 2 aliphatic carbocycles. The van der Waals surface area contributed by atoms with Gasteiger partial charge in [0.15, 0.2) is 0 Å². The third-order valence-electron chi connectivity index (χ3n) is 3.80. The fourth-order valence-electron chi connectivity index (χ4n) is 2.75. The second kappa shape index (κ2) is 4.39. The van der Waals surface area contributed by atoms with Gasteiger partial charge in [-0.1, -0.05) is 15.9 Å². The van der Waals surface area contributed by atoms with Gasteiger partial charge in [-0.15, -0.1) is 0 Å². The van der Waals surface area contributed by atoms with E-state index in [9.17, 15) is 4.79 Å². The van der Waals surface area contributed by atoms with Crippen molar-refractivity contribution in [3.63, 3.8) is 0 Å². The summed E-state index contributed by atoms with van der Waals surface area (Å²) in [5, 5.41) is 3.01. The number of amides is 1. The minimum atomic E-state index is 0.181. The van der Waals surface area contributed by atoms with Crippen molar-refractivity contribution in [3.8, 4) is 0 Å². The van der Waals surface area contributed by atoms with Gasteiger partial charge < -0.3 is 5.32 Å². The van der Waals surface area contributed by atoms with E-state index < -0.39 is 0 Å². The lowest BCUT2D eigenvalue weighted by atomic mass is 10.0. The van der Waals surface area contributed by atoms with Crippen LogP contribution in [0.5, 0.6) is 0 Å². The molecule has 0 bridgehead atoms. The predicted molar refractivity (Wildman–Crippen MR) is 74.8 cm³/mol. The van der Waals surface area contributed by atoms with Gasteiger partial charge in [0.05, 0.1) is 5.69 Å². The summed E-state index contributed by atoms with van der Waals surface area (Å²) in [5.74, 6) is 2.10. The van der Waals surface area contributed by atoms with Crippen LogP contribution in [0.2, 0.25) is 0 Å². The first-order chi connectivity index (χ1) is 8.13. The van der Waals surface area contributed by atoms with E-state index in [-0.39, 0.29) is 11.8 Å². The van der Waals surface area contributed by atoms with Gasteiger partial charge in [-0.3, -0.25) is 4.79 Å². The molecule has 0 heterocycles. The standard InChI is InChI=1S/C13H13Br2NO/c14-10-1-2-12(11(15)6-10)16-13(17)9-4-7-3-8(7)5-9/h1-2,6-9H,3-5H2,(H,16,17). The molecule has 3 rings (SSSR count). The maximum atomic E-state index is 12.1. The lowest BCUT2D eigenvalue weighted by Crippen LogP contribution is -2.21. The quantitative estimate of drug-likeness (QED) is 0.843. The minimum Gasteiger partial charge on any atom is -0.325 e. The first kappa shape index (κ1) is 11.7. The highest BCUT2D eigenvalue weighted by atomic mass is 79.9. The Morgan fingerprint density at radius 3 is 2.53 bits per heavy atom. The molecule has 2 atom stereocenters. The van der Waals surface area contributed by atoms with Crippen LogP contribution in [0.1, 0.15) is 19.3 Å². The van der Waals surface area contributed by atoms with E-state index in [4.69, 9.17) is 0 Å². The van der Waals surface area contributed by atoms with E-state index in [1.165, 1.54) is 6.42 Å². The number of rotatable bonds is 2. The first-order valence-corrected chi connectivity index (χ1v) is 7.48. The Morgan fingerprint density at radius 2 is 1.88 bits per heavy atom. The Labute approximate surface area is 117 Å². The largest absolute Gasteiger partial charge is 0.325 e. The maximum absolute atomic E-state index is 12.1. The number of anilines is 1. The van der Waals surface area contributed by atoms with Gasteiger partial charge in [0, 0.05) is 14.9 Å². The molecule has 90 valence electrons. The summed E-state index contributed by atoms with van der Waals surface area (Å²) < 4.78 is 1.92. The Bertz CT molecular complexity index is 464. The molecule has 0 radical (unpaired) electrons. The van der Waals surface area contributed by atoms with Crippen LogP contribution in [-0.2, 0) is 4.79 Å². The zero-order chi connectivity index (χ0) is 12.0. The Hall–Kier alpha value is -0.350. The maximum Gasteiger partial charge on any atom is 0.227 e. The molecule has 4 heteroatoms. The third kappa shape index (κ3) is 2.43. The Morgan fingerprint density at radius 1 is 1.18 bits per heavy atom. The highest BCUT2D eigenvalue weighted by Gasteiger charge is 2.47. The van der Waals surface area contributed by atoms with Crippen LogP contribution in [0, 0.1) is 17.8 Å². The van der Waals surface area contributed by atoms with Gasteiger partial charge in [0.1, 0.15) is 0 Å². The number of hydrogen-bond acceptors (Lipinski definition) is 1. The SMILES string of the molecule is O=C(Nc1ccc(Br)cc1Br)C1CC2CC2C1. The molecule has 2 nitrogen and oxygen atoms in total. The average molecular weight is 359 g/mol. The van der Waals surface area contributed by atoms with Gasteiger partial charge >= 0.3 is 0 Å². The van der Waals surface area contributed by atoms with Crippen LogP contribution in [0.25, 0.3) is 0 Å². The molecule has 2 fully saturated rings. The van der Waals surface area contributed by atoms with Crippen molar-refractivity contribution >= 4 is 43.5 Å². The Kier molecular flexibility index (Phi) is 3.03. The molecule has 2 unspecified atom stereocenters. The van der Waals surface area contributed by atoms with E-state index in [1.54, 1.807) is 0 Å². The topological polar surface area (TPSA) is 29.1 Å². The number of halogens is 2. The summed E-state index contributed by atoms with van der Waals surface area (Å²) in [5.41, 5.74) is 0.860. The molecule has 1 N–H and O–H groups in total. The Balaban J connectivity index is 1.67. The normalized spacial score (nSPS) is 29.9. The highest BCUT2D eigenvalue weighted by molar-refractivity contribution is 9.11. The summed E-state index contributed by atoms with van der Waals surface area (Å²) in [4.78, 5) is 12.1. The van der Waals surface area contributed by atoms with Crippen LogP contribution in [-0.4, -0.2) is 5.91 Å². The van der Waals surface area contributed by atoms with Gasteiger partial charge in [-0.2, -0.15) is 0 Å². The van der Waals surface area contributed by atoms with Crippen molar-refractivity contribution in [1.82, 2.24) is 0 Å². The molecule has 2 saturated carbocycles. The summed E-state index contributed by atoms with van der Waals surface area (Å²) >= 11 is 6.86. The van der Waals surface area contributed by atoms with Crippen LogP contribution >= 0.6 is 31.9 Å². The second-order valence-corrected chi connectivity index (χ2v) is 6.81. The van der Waals surface area contributed by atoms with Crippen LogP contribution < -0.4 is 5.32 Å². The molecule has 1 aromatic carbocycles. The predicted octanol–water partition coefficient (Wildman–Crippen LogP) is 4.20. The van der Waals surface area contributed by atoms with Gasteiger partial charge in [0.25, 0.3) is 0 Å². The van der Waals surface area contributed by atoms with Crippen molar-refractivity contribution in [2.75, 3.05) is 5.32 Å². The summed E-state index contributed by atoms with van der Waals surface area (Å²) in [7, 11) is 0. The van der Waals surface area contributed by atoms with Crippen molar-refractivity contribution in [2.45, 2.75) is 19.3 Å². The first-order valence-electron chi connectivity index (χ1n) is 5.89. The second-order valence-electron chi connectivity index (χ2n) is 5.04. The van der Waals surface area contributed by atoms with Crippen LogP contribution in [0.3, 0.4) is 0 Å². The monoisotopic (exact) mass is 357 g/mol. The fraction of sp³-hybridized carbons (Fsp3) is 0.462.